The van der Waals surface area contributed by atoms with Crippen molar-refractivity contribution in [3.8, 4) is 0 Å². The molecule has 0 radical (unpaired) electrons. The van der Waals surface area contributed by atoms with Gasteiger partial charge in [-0.15, -0.1) is 0 Å². The van der Waals surface area contributed by atoms with Crippen molar-refractivity contribution in [1.82, 2.24) is 0 Å². The Kier molecular flexibility index (Phi) is 2.07. The van der Waals surface area contributed by atoms with Crippen LogP contribution in [0.25, 0.3) is 11.0 Å². The van der Waals surface area contributed by atoms with E-state index in [4.69, 9.17) is 4.42 Å². The van der Waals surface area contributed by atoms with Gasteiger partial charge in [0.25, 0.3) is 0 Å². The Morgan fingerprint density at radius 1 is 1.29 bits per heavy atom. The zero-order valence-corrected chi connectivity index (χ0v) is 8.54. The van der Waals surface area contributed by atoms with Crippen molar-refractivity contribution < 1.29 is 12.8 Å². The molecule has 2 rings (SSSR count). The molecule has 0 aliphatic heterocycles. The lowest BCUT2D eigenvalue weighted by atomic mass is 10.2. The molecule has 14 heavy (non-hydrogen) atoms. The molecule has 0 fully saturated rings. The summed E-state index contributed by atoms with van der Waals surface area (Å²) in [7, 11) is -3.01. The molecule has 4 heteroatoms. The average Bonchev–Trinajstić information content (AvgIpc) is 2.49. The van der Waals surface area contributed by atoms with Crippen LogP contribution < -0.4 is 0 Å². The molecular weight excluding hydrogens is 200 g/mol. The van der Waals surface area contributed by atoms with Crippen molar-refractivity contribution >= 4 is 20.8 Å². The maximum absolute atomic E-state index is 11.1. The molecule has 0 amide bonds. The summed E-state index contributed by atoms with van der Waals surface area (Å²) in [5, 5.41) is 0.936. The molecule has 1 heterocycles. The maximum Gasteiger partial charge on any atom is 0.151 e. The summed E-state index contributed by atoms with van der Waals surface area (Å²) in [5.41, 5.74) is 1.38. The first-order valence-electron chi connectivity index (χ1n) is 4.19. The van der Waals surface area contributed by atoms with Gasteiger partial charge in [0.1, 0.15) is 5.58 Å². The van der Waals surface area contributed by atoms with E-state index in [1.54, 1.807) is 12.3 Å². The van der Waals surface area contributed by atoms with E-state index < -0.39 is 9.84 Å². The number of para-hydroxylation sites is 1. The molecule has 0 aliphatic carbocycles. The van der Waals surface area contributed by atoms with Crippen molar-refractivity contribution in [2.24, 2.45) is 0 Å². The van der Waals surface area contributed by atoms with Crippen molar-refractivity contribution in [2.45, 2.75) is 5.75 Å². The second-order valence-corrected chi connectivity index (χ2v) is 5.47. The maximum atomic E-state index is 11.1. The SMILES string of the molecule is CS(=O)(=O)Cc1cccc2ccoc12. The minimum atomic E-state index is -3.01. The lowest BCUT2D eigenvalue weighted by molar-refractivity contribution is 0.596. The van der Waals surface area contributed by atoms with Crippen LogP contribution in [0.15, 0.2) is 34.9 Å². The summed E-state index contributed by atoms with van der Waals surface area (Å²) in [5.74, 6) is 0.0256. The monoisotopic (exact) mass is 210 g/mol. The Balaban J connectivity index is 2.57. The summed E-state index contributed by atoms with van der Waals surface area (Å²) in [6, 6.07) is 7.32. The third-order valence-electron chi connectivity index (χ3n) is 1.98. The zero-order chi connectivity index (χ0) is 10.2. The molecule has 0 unspecified atom stereocenters. The van der Waals surface area contributed by atoms with Crippen LogP contribution in [0.1, 0.15) is 5.56 Å². The lowest BCUT2D eigenvalue weighted by Crippen LogP contribution is -2.00. The fourth-order valence-electron chi connectivity index (χ4n) is 1.45. The second kappa shape index (κ2) is 3.13. The van der Waals surface area contributed by atoms with E-state index in [-0.39, 0.29) is 5.75 Å². The Bertz CT molecular complexity index is 552. The second-order valence-electron chi connectivity index (χ2n) is 3.33. The molecular formula is C10H10O3S. The van der Waals surface area contributed by atoms with Gasteiger partial charge in [0.2, 0.25) is 0 Å². The van der Waals surface area contributed by atoms with Gasteiger partial charge in [0.15, 0.2) is 9.84 Å². The number of hydrogen-bond acceptors (Lipinski definition) is 3. The van der Waals surface area contributed by atoms with Gasteiger partial charge in [-0.05, 0) is 6.07 Å². The molecule has 74 valence electrons. The summed E-state index contributed by atoms with van der Waals surface area (Å²) in [6.45, 7) is 0. The van der Waals surface area contributed by atoms with E-state index in [0.717, 1.165) is 10.9 Å². The predicted octanol–water partition coefficient (Wildman–Crippen LogP) is 1.98. The van der Waals surface area contributed by atoms with Gasteiger partial charge in [-0.3, -0.25) is 0 Å². The number of benzene rings is 1. The van der Waals surface area contributed by atoms with Crippen molar-refractivity contribution in [2.75, 3.05) is 6.26 Å². The van der Waals surface area contributed by atoms with Gasteiger partial charge >= 0.3 is 0 Å². The van der Waals surface area contributed by atoms with E-state index in [0.29, 0.717) is 5.58 Å². The van der Waals surface area contributed by atoms with E-state index in [9.17, 15) is 8.42 Å². The van der Waals surface area contributed by atoms with Crippen LogP contribution in [-0.4, -0.2) is 14.7 Å². The Labute approximate surface area is 82.3 Å². The Morgan fingerprint density at radius 2 is 2.07 bits per heavy atom. The van der Waals surface area contributed by atoms with Gasteiger partial charge < -0.3 is 4.42 Å². The zero-order valence-electron chi connectivity index (χ0n) is 7.73. The highest BCUT2D eigenvalue weighted by Gasteiger charge is 2.09. The summed E-state index contributed by atoms with van der Waals surface area (Å²) >= 11 is 0. The van der Waals surface area contributed by atoms with Crippen LogP contribution in [0.4, 0.5) is 0 Å². The molecule has 1 aromatic heterocycles. The molecule has 1 aromatic carbocycles. The van der Waals surface area contributed by atoms with Crippen molar-refractivity contribution in [1.29, 1.82) is 0 Å². The third kappa shape index (κ3) is 1.80. The standard InChI is InChI=1S/C10H10O3S/c1-14(11,12)7-9-4-2-3-8-5-6-13-10(8)9/h2-6H,7H2,1H3. The smallest absolute Gasteiger partial charge is 0.151 e. The lowest BCUT2D eigenvalue weighted by Gasteiger charge is -1.99. The molecule has 0 saturated carbocycles. The van der Waals surface area contributed by atoms with Gasteiger partial charge in [0, 0.05) is 17.2 Å². The number of fused-ring (bicyclic) bond motifs is 1. The number of sulfone groups is 1. The van der Waals surface area contributed by atoms with E-state index in [2.05, 4.69) is 0 Å². The first kappa shape index (κ1) is 9.27. The van der Waals surface area contributed by atoms with E-state index >= 15 is 0 Å². The average molecular weight is 210 g/mol. The van der Waals surface area contributed by atoms with Crippen molar-refractivity contribution in [3.63, 3.8) is 0 Å². The Hall–Kier alpha value is -1.29. The van der Waals surface area contributed by atoms with Crippen LogP contribution in [0, 0.1) is 0 Å². The highest BCUT2D eigenvalue weighted by molar-refractivity contribution is 7.89. The van der Waals surface area contributed by atoms with Gasteiger partial charge in [-0.2, -0.15) is 0 Å². The minimum Gasteiger partial charge on any atom is -0.464 e. The molecule has 0 saturated heterocycles. The molecule has 0 bridgehead atoms. The molecule has 0 aliphatic rings. The first-order valence-corrected chi connectivity index (χ1v) is 6.25. The molecule has 0 spiro atoms. The van der Waals surface area contributed by atoms with E-state index in [1.165, 1.54) is 6.26 Å². The molecule has 0 N–H and O–H groups in total. The first-order chi connectivity index (χ1) is 6.56. The highest BCUT2D eigenvalue weighted by atomic mass is 32.2. The van der Waals surface area contributed by atoms with Crippen molar-refractivity contribution in [3.05, 3.63) is 36.1 Å². The summed E-state index contributed by atoms with van der Waals surface area (Å²) in [4.78, 5) is 0. The third-order valence-corrected chi connectivity index (χ3v) is 2.81. The fraction of sp³-hybridized carbons (Fsp3) is 0.200. The quantitative estimate of drug-likeness (QED) is 0.761. The largest absolute Gasteiger partial charge is 0.464 e. The minimum absolute atomic E-state index is 0.0256. The molecule has 2 aromatic rings. The van der Waals surface area contributed by atoms with Crippen LogP contribution in [-0.2, 0) is 15.6 Å². The molecule has 0 atom stereocenters. The van der Waals surface area contributed by atoms with Crippen LogP contribution in [0.2, 0.25) is 0 Å². The van der Waals surface area contributed by atoms with E-state index in [1.807, 2.05) is 18.2 Å². The summed E-state index contributed by atoms with van der Waals surface area (Å²) < 4.78 is 27.5. The van der Waals surface area contributed by atoms with Gasteiger partial charge in [-0.1, -0.05) is 18.2 Å². The topological polar surface area (TPSA) is 47.3 Å². The van der Waals surface area contributed by atoms with Crippen LogP contribution >= 0.6 is 0 Å². The normalized spacial score (nSPS) is 12.1. The van der Waals surface area contributed by atoms with Crippen LogP contribution in [0.3, 0.4) is 0 Å². The number of hydrogen-bond donors (Lipinski definition) is 0. The fourth-order valence-corrected chi connectivity index (χ4v) is 2.24. The van der Waals surface area contributed by atoms with Crippen LogP contribution in [0.5, 0.6) is 0 Å². The highest BCUT2D eigenvalue weighted by Crippen LogP contribution is 2.21. The Morgan fingerprint density at radius 3 is 2.79 bits per heavy atom. The molecule has 3 nitrogen and oxygen atoms in total. The van der Waals surface area contributed by atoms with Gasteiger partial charge in [-0.25, -0.2) is 8.42 Å². The number of furan rings is 1. The summed E-state index contributed by atoms with van der Waals surface area (Å²) in [6.07, 6.45) is 2.78. The predicted molar refractivity (Wildman–Crippen MR) is 54.8 cm³/mol. The van der Waals surface area contributed by atoms with Gasteiger partial charge in [0.05, 0.1) is 12.0 Å². The number of rotatable bonds is 2.